The first-order valence-electron chi connectivity index (χ1n) is 10.2. The lowest BCUT2D eigenvalue weighted by Gasteiger charge is -2.27. The average Bonchev–Trinajstić information content (AvgIpc) is 3.41. The van der Waals surface area contributed by atoms with Gasteiger partial charge in [-0.25, -0.2) is 0 Å². The van der Waals surface area contributed by atoms with Crippen molar-refractivity contribution in [2.45, 2.75) is 25.0 Å². The summed E-state index contributed by atoms with van der Waals surface area (Å²) in [6.45, 7) is 0.721. The Hall–Kier alpha value is -3.72. The molecule has 9 heteroatoms. The molecule has 2 aromatic rings. The molecule has 2 fully saturated rings. The lowest BCUT2D eigenvalue weighted by atomic mass is 9.95. The number of likely N-dealkylation sites (tertiary alicyclic amines) is 1. The van der Waals surface area contributed by atoms with Crippen LogP contribution in [-0.4, -0.2) is 53.0 Å². The van der Waals surface area contributed by atoms with Gasteiger partial charge >= 0.3 is 0 Å². The van der Waals surface area contributed by atoms with E-state index in [4.69, 9.17) is 9.47 Å². The van der Waals surface area contributed by atoms with Crippen molar-refractivity contribution in [2.24, 2.45) is 0 Å². The zero-order valence-corrected chi connectivity index (χ0v) is 17.4. The fourth-order valence-electron chi connectivity index (χ4n) is 4.14. The Balaban J connectivity index is 1.83. The van der Waals surface area contributed by atoms with Gasteiger partial charge in [0.2, 0.25) is 0 Å². The third kappa shape index (κ3) is 3.94. The van der Waals surface area contributed by atoms with Crippen molar-refractivity contribution in [1.29, 1.82) is 0 Å². The number of aliphatic hydroxyl groups is 1. The molecule has 0 radical (unpaired) electrons. The largest absolute Gasteiger partial charge is 0.507 e. The molecule has 1 amide bonds. The zero-order valence-electron chi connectivity index (χ0n) is 17.4. The fraction of sp³-hybridized carbons (Fsp3) is 0.304. The lowest BCUT2D eigenvalue weighted by Crippen LogP contribution is -2.36. The van der Waals surface area contributed by atoms with Crippen LogP contribution in [0.2, 0.25) is 0 Å². The molecule has 2 saturated heterocycles. The second-order valence-electron chi connectivity index (χ2n) is 7.67. The van der Waals surface area contributed by atoms with Crippen molar-refractivity contribution < 1.29 is 29.1 Å². The van der Waals surface area contributed by atoms with Crippen molar-refractivity contribution in [2.75, 3.05) is 20.3 Å². The van der Waals surface area contributed by atoms with Crippen LogP contribution < -0.4 is 4.74 Å². The van der Waals surface area contributed by atoms with Gasteiger partial charge in [-0.15, -0.1) is 0 Å². The number of aliphatic hydroxyl groups excluding tert-OH is 1. The van der Waals surface area contributed by atoms with E-state index < -0.39 is 22.7 Å². The number of benzene rings is 2. The predicted octanol–water partition coefficient (Wildman–Crippen LogP) is 3.20. The Morgan fingerprint density at radius 1 is 1.25 bits per heavy atom. The number of ketones is 1. The number of nitro groups is 1. The van der Waals surface area contributed by atoms with Crippen LogP contribution in [0, 0.1) is 10.1 Å². The van der Waals surface area contributed by atoms with Crippen molar-refractivity contribution in [1.82, 2.24) is 4.90 Å². The molecule has 0 aromatic heterocycles. The predicted molar refractivity (Wildman–Crippen MR) is 114 cm³/mol. The van der Waals surface area contributed by atoms with Crippen molar-refractivity contribution >= 4 is 23.1 Å². The van der Waals surface area contributed by atoms with Gasteiger partial charge in [0, 0.05) is 30.8 Å². The third-order valence-electron chi connectivity index (χ3n) is 5.72. The van der Waals surface area contributed by atoms with Crippen LogP contribution in [0.4, 0.5) is 5.69 Å². The van der Waals surface area contributed by atoms with Crippen molar-refractivity contribution in [3.63, 3.8) is 0 Å². The molecule has 166 valence electrons. The van der Waals surface area contributed by atoms with Crippen molar-refractivity contribution in [3.05, 3.63) is 75.3 Å². The number of hydrogen-bond donors (Lipinski definition) is 1. The van der Waals surface area contributed by atoms with E-state index in [0.717, 1.165) is 12.8 Å². The van der Waals surface area contributed by atoms with Crippen LogP contribution in [0.5, 0.6) is 5.75 Å². The molecule has 2 atom stereocenters. The highest BCUT2D eigenvalue weighted by Crippen LogP contribution is 2.41. The van der Waals surface area contributed by atoms with Gasteiger partial charge in [-0.05, 0) is 42.7 Å². The summed E-state index contributed by atoms with van der Waals surface area (Å²) in [4.78, 5) is 38.1. The van der Waals surface area contributed by atoms with Gasteiger partial charge in [-0.2, -0.15) is 0 Å². The second kappa shape index (κ2) is 8.80. The molecular weight excluding hydrogens is 416 g/mol. The smallest absolute Gasteiger partial charge is 0.295 e. The Labute approximate surface area is 184 Å². The standard InChI is InChI=1S/C23H22N2O7/c1-31-17-9-7-14(8-10-17)21(26)19-20(15-4-2-5-16(12-15)25(29)30)24(23(28)22(19)27)13-18-6-3-11-32-18/h2,4-5,7-10,12,18,20,26H,3,6,11,13H2,1H3/t18-,20-/m0/s1. The van der Waals surface area contributed by atoms with Crippen LogP contribution >= 0.6 is 0 Å². The molecule has 2 heterocycles. The zero-order chi connectivity index (χ0) is 22.8. The quantitative estimate of drug-likeness (QED) is 0.242. The maximum atomic E-state index is 13.0. The minimum atomic E-state index is -0.971. The van der Waals surface area contributed by atoms with E-state index in [-0.39, 0.29) is 29.7 Å². The van der Waals surface area contributed by atoms with E-state index in [1.165, 1.54) is 30.2 Å². The van der Waals surface area contributed by atoms with Crippen LogP contribution in [0.1, 0.15) is 30.0 Å². The molecule has 2 aliphatic rings. The SMILES string of the molecule is COc1ccc(C(O)=C2C(=O)C(=O)N(C[C@@H]3CCCO3)[C@H]2c2cccc([N+](=O)[O-])c2)cc1. The molecule has 2 aliphatic heterocycles. The lowest BCUT2D eigenvalue weighted by molar-refractivity contribution is -0.384. The maximum Gasteiger partial charge on any atom is 0.295 e. The number of nitro benzene ring substituents is 1. The molecule has 0 unspecified atom stereocenters. The number of carbonyl (C=O) groups excluding carboxylic acids is 2. The van der Waals surface area contributed by atoms with E-state index in [1.54, 1.807) is 30.3 Å². The number of carbonyl (C=O) groups is 2. The number of ether oxygens (including phenoxy) is 2. The summed E-state index contributed by atoms with van der Waals surface area (Å²) in [5.41, 5.74) is 0.413. The summed E-state index contributed by atoms with van der Waals surface area (Å²) in [6, 6.07) is 11.2. The number of methoxy groups -OCH3 is 1. The molecule has 0 aliphatic carbocycles. The Morgan fingerprint density at radius 2 is 2.00 bits per heavy atom. The molecule has 1 N–H and O–H groups in total. The molecule has 0 bridgehead atoms. The van der Waals surface area contributed by atoms with Crippen LogP contribution in [-0.2, 0) is 14.3 Å². The fourth-order valence-corrected chi connectivity index (χ4v) is 4.14. The van der Waals surface area contributed by atoms with Gasteiger partial charge in [0.25, 0.3) is 17.4 Å². The summed E-state index contributed by atoms with van der Waals surface area (Å²) in [5, 5.41) is 22.4. The molecule has 0 spiro atoms. The van der Waals surface area contributed by atoms with Crippen LogP contribution in [0.25, 0.3) is 5.76 Å². The topological polar surface area (TPSA) is 119 Å². The summed E-state index contributed by atoms with van der Waals surface area (Å²) >= 11 is 0. The minimum Gasteiger partial charge on any atom is -0.507 e. The van der Waals surface area contributed by atoms with Crippen molar-refractivity contribution in [3.8, 4) is 5.75 Å². The first kappa shape index (κ1) is 21.5. The maximum absolute atomic E-state index is 13.0. The highest BCUT2D eigenvalue weighted by atomic mass is 16.6. The summed E-state index contributed by atoms with van der Waals surface area (Å²) < 4.78 is 10.8. The Bertz CT molecular complexity index is 1090. The molecule has 0 saturated carbocycles. The number of rotatable bonds is 6. The number of non-ortho nitro benzene ring substituents is 1. The Kier molecular flexibility index (Phi) is 5.91. The first-order valence-corrected chi connectivity index (χ1v) is 10.2. The molecule has 2 aromatic carbocycles. The number of nitrogens with zero attached hydrogens (tertiary/aromatic N) is 2. The number of Topliss-reactive ketones (excluding diaryl/α,β-unsaturated/α-hetero) is 1. The van der Waals surface area contributed by atoms with E-state index in [0.29, 0.717) is 23.5 Å². The van der Waals surface area contributed by atoms with Gasteiger partial charge in [0.1, 0.15) is 11.5 Å². The Morgan fingerprint density at radius 3 is 2.62 bits per heavy atom. The van der Waals surface area contributed by atoms with Gasteiger partial charge < -0.3 is 19.5 Å². The molecule has 32 heavy (non-hydrogen) atoms. The minimum absolute atomic E-state index is 0.112. The second-order valence-corrected chi connectivity index (χ2v) is 7.67. The van der Waals surface area contributed by atoms with Gasteiger partial charge in [-0.3, -0.25) is 19.7 Å². The normalized spacial score (nSPS) is 22.3. The third-order valence-corrected chi connectivity index (χ3v) is 5.72. The molecular formula is C23H22N2O7. The highest BCUT2D eigenvalue weighted by Gasteiger charge is 2.47. The molecule has 9 nitrogen and oxygen atoms in total. The van der Waals surface area contributed by atoms with Gasteiger partial charge in [-0.1, -0.05) is 12.1 Å². The monoisotopic (exact) mass is 438 g/mol. The highest BCUT2D eigenvalue weighted by molar-refractivity contribution is 6.46. The van der Waals surface area contributed by atoms with E-state index >= 15 is 0 Å². The number of hydrogen-bond acceptors (Lipinski definition) is 7. The summed E-state index contributed by atoms with van der Waals surface area (Å²) in [5.74, 6) is -1.40. The van der Waals surface area contributed by atoms with E-state index in [2.05, 4.69) is 0 Å². The van der Waals surface area contributed by atoms with Gasteiger partial charge in [0.05, 0.1) is 29.8 Å². The first-order chi connectivity index (χ1) is 15.4. The summed E-state index contributed by atoms with van der Waals surface area (Å²) in [6.07, 6.45) is 1.35. The van der Waals surface area contributed by atoms with E-state index in [1.807, 2.05) is 0 Å². The van der Waals surface area contributed by atoms with E-state index in [9.17, 15) is 24.8 Å². The molecule has 4 rings (SSSR count). The van der Waals surface area contributed by atoms with Gasteiger partial charge in [0.15, 0.2) is 0 Å². The number of amides is 1. The summed E-state index contributed by atoms with van der Waals surface area (Å²) in [7, 11) is 1.51. The van der Waals surface area contributed by atoms with Crippen LogP contribution in [0.3, 0.4) is 0 Å². The average molecular weight is 438 g/mol. The van der Waals surface area contributed by atoms with Crippen LogP contribution in [0.15, 0.2) is 54.1 Å².